The molecule has 0 atom stereocenters. The van der Waals surface area contributed by atoms with E-state index in [2.05, 4.69) is 5.32 Å². The molecule has 0 saturated carbocycles. The van der Waals surface area contributed by atoms with Crippen LogP contribution in [0.15, 0.2) is 29.2 Å². The molecule has 8 heteroatoms. The van der Waals surface area contributed by atoms with E-state index in [1.54, 1.807) is 12.1 Å². The molecule has 1 aliphatic heterocycles. The Kier molecular flexibility index (Phi) is 6.11. The topological polar surface area (TPSA) is 79.0 Å². The van der Waals surface area contributed by atoms with Gasteiger partial charge in [0, 0.05) is 31.7 Å². The maximum atomic E-state index is 12.6. The minimum absolute atomic E-state index is 0.139. The number of nitrogens with zero attached hydrogens (tertiary/aromatic N) is 2. The Morgan fingerprint density at radius 3 is 2.65 bits per heavy atom. The quantitative estimate of drug-likeness (QED) is 0.788. The summed E-state index contributed by atoms with van der Waals surface area (Å²) >= 11 is 0. The van der Waals surface area contributed by atoms with E-state index in [1.165, 1.54) is 16.4 Å². The van der Waals surface area contributed by atoms with Gasteiger partial charge in [0.1, 0.15) is 0 Å². The van der Waals surface area contributed by atoms with Crippen molar-refractivity contribution in [2.45, 2.75) is 4.90 Å². The van der Waals surface area contributed by atoms with Gasteiger partial charge in [-0.3, -0.25) is 4.79 Å². The van der Waals surface area contributed by atoms with Crippen LogP contribution in [0.2, 0.25) is 0 Å². The van der Waals surface area contributed by atoms with Crippen molar-refractivity contribution in [2.24, 2.45) is 0 Å². The third kappa shape index (κ3) is 4.74. The summed E-state index contributed by atoms with van der Waals surface area (Å²) in [5.41, 5.74) is 0.345. The molecule has 1 heterocycles. The standard InChI is InChI=1S/C15H23N3O4S/c1-17(2)7-6-16-15(19)13-4-3-5-14(12-13)23(20,21)18-8-10-22-11-9-18/h3-5,12H,6-11H2,1-2H3,(H,16,19). The van der Waals surface area contributed by atoms with E-state index in [9.17, 15) is 13.2 Å². The van der Waals surface area contributed by atoms with Gasteiger partial charge in [0.15, 0.2) is 0 Å². The van der Waals surface area contributed by atoms with Crippen molar-refractivity contribution in [3.8, 4) is 0 Å². The molecule has 2 rings (SSSR count). The fourth-order valence-electron chi connectivity index (χ4n) is 2.23. The van der Waals surface area contributed by atoms with Gasteiger partial charge in [0.25, 0.3) is 5.91 Å². The smallest absolute Gasteiger partial charge is 0.251 e. The van der Waals surface area contributed by atoms with Gasteiger partial charge in [0.2, 0.25) is 10.0 Å². The third-order valence-corrected chi connectivity index (χ3v) is 5.44. The van der Waals surface area contributed by atoms with Crippen LogP contribution in [0.4, 0.5) is 0 Å². The lowest BCUT2D eigenvalue weighted by Crippen LogP contribution is -2.40. The van der Waals surface area contributed by atoms with Gasteiger partial charge in [-0.05, 0) is 32.3 Å². The number of benzene rings is 1. The first-order chi connectivity index (χ1) is 10.9. The first kappa shape index (κ1) is 17.9. The van der Waals surface area contributed by atoms with Crippen LogP contribution in [-0.2, 0) is 14.8 Å². The van der Waals surface area contributed by atoms with Crippen molar-refractivity contribution in [1.82, 2.24) is 14.5 Å². The Morgan fingerprint density at radius 1 is 1.30 bits per heavy atom. The van der Waals surface area contributed by atoms with Gasteiger partial charge in [0.05, 0.1) is 18.1 Å². The van der Waals surface area contributed by atoms with Crippen molar-refractivity contribution >= 4 is 15.9 Å². The lowest BCUT2D eigenvalue weighted by molar-refractivity contribution is 0.0730. The number of amides is 1. The average Bonchev–Trinajstić information content (AvgIpc) is 2.55. The highest BCUT2D eigenvalue weighted by Gasteiger charge is 2.26. The van der Waals surface area contributed by atoms with E-state index in [4.69, 9.17) is 4.74 Å². The molecule has 128 valence electrons. The number of hydrogen-bond donors (Lipinski definition) is 1. The van der Waals surface area contributed by atoms with E-state index in [1.807, 2.05) is 19.0 Å². The van der Waals surface area contributed by atoms with Crippen LogP contribution in [-0.4, -0.2) is 77.0 Å². The van der Waals surface area contributed by atoms with Crippen molar-refractivity contribution in [3.63, 3.8) is 0 Å². The maximum Gasteiger partial charge on any atom is 0.251 e. The first-order valence-corrected chi connectivity index (χ1v) is 8.96. The Labute approximate surface area is 137 Å². The van der Waals surface area contributed by atoms with Crippen LogP contribution in [0.1, 0.15) is 10.4 Å². The van der Waals surface area contributed by atoms with Gasteiger partial charge in [-0.15, -0.1) is 0 Å². The molecule has 1 aliphatic rings. The summed E-state index contributed by atoms with van der Waals surface area (Å²) in [4.78, 5) is 14.2. The van der Waals surface area contributed by atoms with E-state index in [0.717, 1.165) is 6.54 Å². The van der Waals surface area contributed by atoms with Crippen molar-refractivity contribution < 1.29 is 17.9 Å². The molecule has 23 heavy (non-hydrogen) atoms. The molecule has 1 aromatic rings. The van der Waals surface area contributed by atoms with Crippen LogP contribution in [0, 0.1) is 0 Å². The summed E-state index contributed by atoms with van der Waals surface area (Å²) in [6.07, 6.45) is 0. The van der Waals surface area contributed by atoms with Crippen molar-refractivity contribution in [3.05, 3.63) is 29.8 Å². The largest absolute Gasteiger partial charge is 0.379 e. The van der Waals surface area contributed by atoms with E-state index in [-0.39, 0.29) is 10.8 Å². The zero-order valence-corrected chi connectivity index (χ0v) is 14.3. The second kappa shape index (κ2) is 7.87. The molecule has 0 unspecified atom stereocenters. The molecule has 0 bridgehead atoms. The highest BCUT2D eigenvalue weighted by molar-refractivity contribution is 7.89. The summed E-state index contributed by atoms with van der Waals surface area (Å²) in [6.45, 7) is 2.68. The number of rotatable bonds is 6. The Balaban J connectivity index is 2.11. The second-order valence-electron chi connectivity index (χ2n) is 5.60. The Bertz CT molecular complexity index is 640. The minimum Gasteiger partial charge on any atom is -0.379 e. The molecule has 0 radical (unpaired) electrons. The highest BCUT2D eigenvalue weighted by Crippen LogP contribution is 2.18. The monoisotopic (exact) mass is 341 g/mol. The SMILES string of the molecule is CN(C)CCNC(=O)c1cccc(S(=O)(=O)N2CCOCC2)c1. The fraction of sp³-hybridized carbons (Fsp3) is 0.533. The van der Waals surface area contributed by atoms with E-state index < -0.39 is 10.0 Å². The Hall–Kier alpha value is -1.48. The number of nitrogens with one attached hydrogen (secondary N) is 1. The minimum atomic E-state index is -3.59. The van der Waals surface area contributed by atoms with Crippen molar-refractivity contribution in [2.75, 3.05) is 53.5 Å². The van der Waals surface area contributed by atoms with E-state index >= 15 is 0 Å². The molecule has 1 N–H and O–H groups in total. The molecular formula is C15H23N3O4S. The molecule has 1 aromatic carbocycles. The van der Waals surface area contributed by atoms with Crippen LogP contribution in [0.25, 0.3) is 0 Å². The molecule has 1 amide bonds. The number of morpholine rings is 1. The van der Waals surface area contributed by atoms with Crippen LogP contribution < -0.4 is 5.32 Å². The molecular weight excluding hydrogens is 318 g/mol. The number of sulfonamides is 1. The van der Waals surface area contributed by atoms with Crippen molar-refractivity contribution in [1.29, 1.82) is 0 Å². The van der Waals surface area contributed by atoms with Gasteiger partial charge in [-0.25, -0.2) is 8.42 Å². The molecule has 0 aliphatic carbocycles. The lowest BCUT2D eigenvalue weighted by atomic mass is 10.2. The average molecular weight is 341 g/mol. The number of carbonyl (C=O) groups is 1. The molecule has 1 saturated heterocycles. The van der Waals surface area contributed by atoms with Gasteiger partial charge < -0.3 is 15.0 Å². The number of ether oxygens (including phenoxy) is 1. The summed E-state index contributed by atoms with van der Waals surface area (Å²) in [5.74, 6) is -0.272. The third-order valence-electron chi connectivity index (χ3n) is 3.55. The van der Waals surface area contributed by atoms with E-state index in [0.29, 0.717) is 38.4 Å². The lowest BCUT2D eigenvalue weighted by Gasteiger charge is -2.26. The Morgan fingerprint density at radius 2 is 2.00 bits per heavy atom. The second-order valence-corrected chi connectivity index (χ2v) is 7.54. The number of carbonyl (C=O) groups excluding carboxylic acids is 1. The first-order valence-electron chi connectivity index (χ1n) is 7.52. The predicted molar refractivity (Wildman–Crippen MR) is 86.9 cm³/mol. The summed E-state index contributed by atoms with van der Waals surface area (Å²) in [7, 11) is 0.250. The van der Waals surface area contributed by atoms with Crippen LogP contribution in [0.5, 0.6) is 0 Å². The molecule has 7 nitrogen and oxygen atoms in total. The maximum absolute atomic E-state index is 12.6. The summed E-state index contributed by atoms with van der Waals surface area (Å²) < 4.78 is 31.8. The highest BCUT2D eigenvalue weighted by atomic mass is 32.2. The number of hydrogen-bond acceptors (Lipinski definition) is 5. The van der Waals surface area contributed by atoms with Crippen LogP contribution >= 0.6 is 0 Å². The number of likely N-dealkylation sites (N-methyl/N-ethyl adjacent to an activating group) is 1. The molecule has 0 spiro atoms. The normalized spacial score (nSPS) is 16.5. The fourth-order valence-corrected chi connectivity index (χ4v) is 3.68. The zero-order chi connectivity index (χ0) is 16.9. The predicted octanol–water partition coefficient (Wildman–Crippen LogP) is -0.00110. The van der Waals surface area contributed by atoms with Crippen LogP contribution in [0.3, 0.4) is 0 Å². The van der Waals surface area contributed by atoms with Gasteiger partial charge in [-0.2, -0.15) is 4.31 Å². The zero-order valence-electron chi connectivity index (χ0n) is 13.5. The van der Waals surface area contributed by atoms with Gasteiger partial charge in [-0.1, -0.05) is 6.07 Å². The molecule has 0 aromatic heterocycles. The molecule has 1 fully saturated rings. The van der Waals surface area contributed by atoms with Gasteiger partial charge >= 0.3 is 0 Å². The summed E-state index contributed by atoms with van der Waals surface area (Å²) in [5, 5.41) is 2.78. The summed E-state index contributed by atoms with van der Waals surface area (Å²) in [6, 6.07) is 6.15.